The van der Waals surface area contributed by atoms with Gasteiger partial charge in [-0.1, -0.05) is 24.3 Å². The summed E-state index contributed by atoms with van der Waals surface area (Å²) in [7, 11) is 0. The molecule has 0 saturated heterocycles. The molecular formula is C15H14F2N2O2. The van der Waals surface area contributed by atoms with E-state index in [9.17, 15) is 18.9 Å². The highest BCUT2D eigenvalue weighted by atomic mass is 19.1. The first-order valence-corrected chi connectivity index (χ1v) is 6.34. The second kappa shape index (κ2) is 5.97. The summed E-state index contributed by atoms with van der Waals surface area (Å²) in [6, 6.07) is 7.50. The number of nitro benzene ring substituents is 1. The fourth-order valence-corrected chi connectivity index (χ4v) is 2.22. The first-order valence-electron chi connectivity index (χ1n) is 6.34. The zero-order chi connectivity index (χ0) is 15.6. The van der Waals surface area contributed by atoms with E-state index in [1.54, 1.807) is 6.07 Å². The lowest BCUT2D eigenvalue weighted by molar-refractivity contribution is -0.385. The molecule has 2 aromatic rings. The minimum atomic E-state index is -0.994. The number of benzene rings is 2. The monoisotopic (exact) mass is 292 g/mol. The Morgan fingerprint density at radius 3 is 2.57 bits per heavy atom. The SMILES string of the molecule is Cc1ccc(F)c(C(N)Cc2ccccc2[N+](=O)[O-])c1F. The third-order valence-corrected chi connectivity index (χ3v) is 3.32. The topological polar surface area (TPSA) is 69.2 Å². The van der Waals surface area contributed by atoms with E-state index >= 15 is 0 Å². The molecule has 0 aliphatic heterocycles. The van der Waals surface area contributed by atoms with Crippen LogP contribution >= 0.6 is 0 Å². The average Bonchev–Trinajstić information content (AvgIpc) is 2.43. The predicted octanol–water partition coefficient (Wildman–Crippen LogP) is 3.42. The standard InChI is InChI=1S/C15H14F2N2O2/c1-9-6-7-11(16)14(15(9)17)12(18)8-10-4-2-3-5-13(10)19(20)21/h2-7,12H,8,18H2,1H3. The van der Waals surface area contributed by atoms with Crippen LogP contribution in [0.1, 0.15) is 22.7 Å². The Hall–Kier alpha value is -2.34. The van der Waals surface area contributed by atoms with Crippen LogP contribution in [0.25, 0.3) is 0 Å². The highest BCUT2D eigenvalue weighted by Crippen LogP contribution is 2.27. The van der Waals surface area contributed by atoms with Crippen LogP contribution in [-0.4, -0.2) is 4.92 Å². The van der Waals surface area contributed by atoms with Crippen LogP contribution in [0.5, 0.6) is 0 Å². The van der Waals surface area contributed by atoms with Gasteiger partial charge < -0.3 is 5.73 Å². The van der Waals surface area contributed by atoms with E-state index in [0.29, 0.717) is 5.56 Å². The summed E-state index contributed by atoms with van der Waals surface area (Å²) in [4.78, 5) is 10.4. The number of nitrogens with zero attached hydrogens (tertiary/aromatic N) is 1. The van der Waals surface area contributed by atoms with Gasteiger partial charge in [0, 0.05) is 23.2 Å². The van der Waals surface area contributed by atoms with E-state index in [4.69, 9.17) is 5.73 Å². The highest BCUT2D eigenvalue weighted by molar-refractivity contribution is 5.41. The third-order valence-electron chi connectivity index (χ3n) is 3.32. The summed E-state index contributed by atoms with van der Waals surface area (Å²) in [5.74, 6) is -1.45. The molecule has 2 N–H and O–H groups in total. The zero-order valence-corrected chi connectivity index (χ0v) is 11.3. The van der Waals surface area contributed by atoms with E-state index in [2.05, 4.69) is 0 Å². The lowest BCUT2D eigenvalue weighted by Crippen LogP contribution is -2.18. The van der Waals surface area contributed by atoms with Gasteiger partial charge >= 0.3 is 0 Å². The van der Waals surface area contributed by atoms with Crippen molar-refractivity contribution in [2.45, 2.75) is 19.4 Å². The van der Waals surface area contributed by atoms with Crippen molar-refractivity contribution in [3.63, 3.8) is 0 Å². The summed E-state index contributed by atoms with van der Waals surface area (Å²) < 4.78 is 27.8. The Labute approximate surface area is 120 Å². The van der Waals surface area contributed by atoms with Crippen molar-refractivity contribution >= 4 is 5.69 Å². The molecule has 0 spiro atoms. The van der Waals surface area contributed by atoms with Crippen molar-refractivity contribution in [2.24, 2.45) is 5.73 Å². The fraction of sp³-hybridized carbons (Fsp3) is 0.200. The zero-order valence-electron chi connectivity index (χ0n) is 11.3. The molecule has 0 saturated carbocycles. The van der Waals surface area contributed by atoms with Gasteiger partial charge in [0.15, 0.2) is 0 Å². The van der Waals surface area contributed by atoms with Crippen molar-refractivity contribution in [2.75, 3.05) is 0 Å². The van der Waals surface area contributed by atoms with Crippen molar-refractivity contribution in [1.82, 2.24) is 0 Å². The number of para-hydroxylation sites is 1. The van der Waals surface area contributed by atoms with Crippen molar-refractivity contribution < 1.29 is 13.7 Å². The van der Waals surface area contributed by atoms with Gasteiger partial charge in [0.25, 0.3) is 5.69 Å². The van der Waals surface area contributed by atoms with E-state index in [1.807, 2.05) is 0 Å². The first-order chi connectivity index (χ1) is 9.91. The Kier molecular flexibility index (Phi) is 4.28. The molecule has 110 valence electrons. The van der Waals surface area contributed by atoms with E-state index in [-0.39, 0.29) is 23.2 Å². The van der Waals surface area contributed by atoms with Crippen LogP contribution in [0.3, 0.4) is 0 Å². The van der Waals surface area contributed by atoms with Gasteiger partial charge in [-0.3, -0.25) is 10.1 Å². The second-order valence-corrected chi connectivity index (χ2v) is 4.79. The molecule has 0 radical (unpaired) electrons. The molecule has 1 atom stereocenters. The minimum absolute atomic E-state index is 0.0194. The van der Waals surface area contributed by atoms with Crippen LogP contribution in [0.2, 0.25) is 0 Å². The molecular weight excluding hydrogens is 278 g/mol. The fourth-order valence-electron chi connectivity index (χ4n) is 2.22. The third kappa shape index (κ3) is 3.05. The number of nitrogens with two attached hydrogens (primary N) is 1. The summed E-state index contributed by atoms with van der Waals surface area (Å²) in [6.45, 7) is 1.51. The normalized spacial score (nSPS) is 12.2. The smallest absolute Gasteiger partial charge is 0.272 e. The van der Waals surface area contributed by atoms with Crippen LogP contribution in [-0.2, 0) is 6.42 Å². The number of rotatable bonds is 4. The van der Waals surface area contributed by atoms with Gasteiger partial charge in [-0.05, 0) is 25.0 Å². The van der Waals surface area contributed by atoms with Gasteiger partial charge in [0.05, 0.1) is 4.92 Å². The van der Waals surface area contributed by atoms with Gasteiger partial charge in [-0.2, -0.15) is 0 Å². The van der Waals surface area contributed by atoms with Gasteiger partial charge in [0.2, 0.25) is 0 Å². The van der Waals surface area contributed by atoms with Gasteiger partial charge in [0.1, 0.15) is 11.6 Å². The Morgan fingerprint density at radius 2 is 1.90 bits per heavy atom. The lowest BCUT2D eigenvalue weighted by atomic mass is 9.96. The van der Waals surface area contributed by atoms with Crippen LogP contribution in [0.15, 0.2) is 36.4 Å². The van der Waals surface area contributed by atoms with E-state index in [1.165, 1.54) is 31.2 Å². The highest BCUT2D eigenvalue weighted by Gasteiger charge is 2.22. The molecule has 0 aromatic heterocycles. The molecule has 6 heteroatoms. The first kappa shape index (κ1) is 15.1. The molecule has 2 rings (SSSR count). The molecule has 1 unspecified atom stereocenters. The molecule has 4 nitrogen and oxygen atoms in total. The molecule has 0 amide bonds. The molecule has 21 heavy (non-hydrogen) atoms. The van der Waals surface area contributed by atoms with Crippen molar-refractivity contribution in [3.8, 4) is 0 Å². The maximum absolute atomic E-state index is 14.0. The maximum atomic E-state index is 14.0. The van der Waals surface area contributed by atoms with Crippen LogP contribution in [0, 0.1) is 28.7 Å². The molecule has 0 aliphatic carbocycles. The molecule has 0 aliphatic rings. The van der Waals surface area contributed by atoms with Crippen molar-refractivity contribution in [1.29, 1.82) is 0 Å². The van der Waals surface area contributed by atoms with Gasteiger partial charge in [-0.15, -0.1) is 0 Å². The lowest BCUT2D eigenvalue weighted by Gasteiger charge is -2.15. The Balaban J connectivity index is 2.38. The molecule has 0 fully saturated rings. The molecule has 2 aromatic carbocycles. The largest absolute Gasteiger partial charge is 0.323 e. The van der Waals surface area contributed by atoms with E-state index < -0.39 is 22.6 Å². The van der Waals surface area contributed by atoms with E-state index in [0.717, 1.165) is 6.07 Å². The molecule has 0 heterocycles. The quantitative estimate of drug-likeness (QED) is 0.693. The minimum Gasteiger partial charge on any atom is -0.323 e. The van der Waals surface area contributed by atoms with Crippen LogP contribution in [0.4, 0.5) is 14.5 Å². The molecule has 0 bridgehead atoms. The number of hydrogen-bond donors (Lipinski definition) is 1. The number of hydrogen-bond acceptors (Lipinski definition) is 3. The average molecular weight is 292 g/mol. The van der Waals surface area contributed by atoms with Crippen LogP contribution < -0.4 is 5.73 Å². The van der Waals surface area contributed by atoms with Gasteiger partial charge in [-0.25, -0.2) is 8.78 Å². The number of nitro groups is 1. The second-order valence-electron chi connectivity index (χ2n) is 4.79. The summed E-state index contributed by atoms with van der Waals surface area (Å²) in [5.41, 5.74) is 6.14. The number of halogens is 2. The Bertz CT molecular complexity index is 689. The summed E-state index contributed by atoms with van der Waals surface area (Å²) in [5, 5.41) is 10.9. The predicted molar refractivity (Wildman–Crippen MR) is 74.8 cm³/mol. The Morgan fingerprint density at radius 1 is 1.24 bits per heavy atom. The summed E-state index contributed by atoms with van der Waals surface area (Å²) >= 11 is 0. The van der Waals surface area contributed by atoms with Crippen molar-refractivity contribution in [3.05, 3.63) is 74.8 Å². The number of aryl methyl sites for hydroxylation is 1. The maximum Gasteiger partial charge on any atom is 0.272 e. The summed E-state index contributed by atoms with van der Waals surface area (Å²) in [6.07, 6.45) is -0.0194.